The number of piperazine rings is 1. The SMILES string of the molecule is CCc1cc2c(N3CCN(C(=O)Cc4ccccn4)CC3)ncnc2s1. The highest BCUT2D eigenvalue weighted by Gasteiger charge is 2.23. The zero-order valence-electron chi connectivity index (χ0n) is 14.8. The first-order valence-electron chi connectivity index (χ1n) is 8.90. The largest absolute Gasteiger partial charge is 0.352 e. The molecule has 0 N–H and O–H groups in total. The first-order valence-corrected chi connectivity index (χ1v) is 9.72. The summed E-state index contributed by atoms with van der Waals surface area (Å²) in [5.74, 6) is 1.13. The molecule has 26 heavy (non-hydrogen) atoms. The van der Waals surface area contributed by atoms with Crippen LogP contribution in [0.5, 0.6) is 0 Å². The number of thiophene rings is 1. The fourth-order valence-corrected chi connectivity index (χ4v) is 4.19. The van der Waals surface area contributed by atoms with Crippen LogP contribution in [0.2, 0.25) is 0 Å². The van der Waals surface area contributed by atoms with Crippen LogP contribution in [-0.2, 0) is 17.6 Å². The van der Waals surface area contributed by atoms with Crippen molar-refractivity contribution in [1.29, 1.82) is 0 Å². The molecule has 0 saturated carbocycles. The minimum absolute atomic E-state index is 0.139. The average molecular weight is 367 g/mol. The molecule has 0 atom stereocenters. The number of anilines is 1. The lowest BCUT2D eigenvalue weighted by molar-refractivity contribution is -0.130. The molecular formula is C19H21N5OS. The molecule has 1 fully saturated rings. The van der Waals surface area contributed by atoms with Gasteiger partial charge in [-0.2, -0.15) is 0 Å². The maximum Gasteiger partial charge on any atom is 0.228 e. The lowest BCUT2D eigenvalue weighted by Crippen LogP contribution is -2.49. The fourth-order valence-electron chi connectivity index (χ4n) is 3.26. The fraction of sp³-hybridized carbons (Fsp3) is 0.368. The first kappa shape index (κ1) is 16.9. The number of hydrogen-bond acceptors (Lipinski definition) is 6. The van der Waals surface area contributed by atoms with Gasteiger partial charge in [0, 0.05) is 42.9 Å². The molecule has 0 unspecified atom stereocenters. The zero-order valence-corrected chi connectivity index (χ0v) is 15.6. The summed E-state index contributed by atoms with van der Waals surface area (Å²) >= 11 is 1.73. The topological polar surface area (TPSA) is 62.2 Å². The third kappa shape index (κ3) is 3.39. The predicted molar refractivity (Wildman–Crippen MR) is 104 cm³/mol. The highest BCUT2D eigenvalue weighted by Crippen LogP contribution is 2.30. The van der Waals surface area contributed by atoms with Gasteiger partial charge in [0.25, 0.3) is 0 Å². The van der Waals surface area contributed by atoms with E-state index in [4.69, 9.17) is 0 Å². The van der Waals surface area contributed by atoms with Crippen LogP contribution in [0.25, 0.3) is 10.2 Å². The van der Waals surface area contributed by atoms with Gasteiger partial charge < -0.3 is 9.80 Å². The van der Waals surface area contributed by atoms with Crippen molar-refractivity contribution in [2.75, 3.05) is 31.1 Å². The summed E-state index contributed by atoms with van der Waals surface area (Å²) in [6, 6.07) is 7.88. The molecule has 1 amide bonds. The summed E-state index contributed by atoms with van der Waals surface area (Å²) in [5, 5.41) is 1.13. The number of fused-ring (bicyclic) bond motifs is 1. The molecule has 0 spiro atoms. The van der Waals surface area contributed by atoms with E-state index in [0.29, 0.717) is 19.5 Å². The number of aromatic nitrogens is 3. The van der Waals surface area contributed by atoms with Gasteiger partial charge in [0.05, 0.1) is 11.8 Å². The van der Waals surface area contributed by atoms with E-state index in [-0.39, 0.29) is 5.91 Å². The van der Waals surface area contributed by atoms with E-state index in [1.165, 1.54) is 4.88 Å². The quantitative estimate of drug-likeness (QED) is 0.709. The van der Waals surface area contributed by atoms with Gasteiger partial charge >= 0.3 is 0 Å². The molecule has 0 bridgehead atoms. The summed E-state index contributed by atoms with van der Waals surface area (Å²) in [4.78, 5) is 32.2. The molecule has 4 heterocycles. The second-order valence-electron chi connectivity index (χ2n) is 6.35. The first-order chi connectivity index (χ1) is 12.7. The minimum Gasteiger partial charge on any atom is -0.352 e. The van der Waals surface area contributed by atoms with Gasteiger partial charge in [0.1, 0.15) is 17.0 Å². The molecule has 6 nitrogen and oxygen atoms in total. The third-order valence-corrected chi connectivity index (χ3v) is 5.89. The Bertz CT molecular complexity index is 903. The number of rotatable bonds is 4. The van der Waals surface area contributed by atoms with Crippen molar-refractivity contribution in [2.24, 2.45) is 0 Å². The third-order valence-electron chi connectivity index (χ3n) is 4.70. The van der Waals surface area contributed by atoms with Crippen molar-refractivity contribution in [3.63, 3.8) is 0 Å². The predicted octanol–water partition coefficient (Wildman–Crippen LogP) is 2.54. The van der Waals surface area contributed by atoms with Crippen molar-refractivity contribution < 1.29 is 4.79 Å². The standard InChI is InChI=1S/C19H21N5OS/c1-2-15-12-16-18(21-13-22-19(16)26-15)24-9-7-23(8-10-24)17(25)11-14-5-3-4-6-20-14/h3-6,12-13H,2,7-11H2,1H3. The maximum absolute atomic E-state index is 12.5. The number of carbonyl (C=O) groups excluding carboxylic acids is 1. The van der Waals surface area contributed by atoms with Gasteiger partial charge in [-0.1, -0.05) is 13.0 Å². The van der Waals surface area contributed by atoms with Crippen molar-refractivity contribution >= 4 is 33.3 Å². The van der Waals surface area contributed by atoms with Crippen LogP contribution < -0.4 is 4.90 Å². The molecule has 3 aromatic heterocycles. The van der Waals surface area contributed by atoms with Crippen LogP contribution in [-0.4, -0.2) is 51.9 Å². The van der Waals surface area contributed by atoms with Crippen LogP contribution in [0.1, 0.15) is 17.5 Å². The highest BCUT2D eigenvalue weighted by molar-refractivity contribution is 7.18. The van der Waals surface area contributed by atoms with Gasteiger partial charge in [-0.3, -0.25) is 9.78 Å². The number of hydrogen-bond donors (Lipinski definition) is 0. The molecule has 4 rings (SSSR count). The second kappa shape index (κ2) is 7.37. The Balaban J connectivity index is 1.44. The van der Waals surface area contributed by atoms with E-state index < -0.39 is 0 Å². The molecule has 0 radical (unpaired) electrons. The molecule has 1 saturated heterocycles. The Morgan fingerprint density at radius 3 is 2.73 bits per heavy atom. The van der Waals surface area contributed by atoms with E-state index in [9.17, 15) is 4.79 Å². The summed E-state index contributed by atoms with van der Waals surface area (Å²) in [6.07, 6.45) is 4.75. The van der Waals surface area contributed by atoms with Gasteiger partial charge in [-0.15, -0.1) is 11.3 Å². The summed E-state index contributed by atoms with van der Waals surface area (Å²) < 4.78 is 0. The minimum atomic E-state index is 0.139. The Morgan fingerprint density at radius 2 is 2.00 bits per heavy atom. The molecular weight excluding hydrogens is 346 g/mol. The smallest absolute Gasteiger partial charge is 0.228 e. The number of pyridine rings is 1. The molecule has 134 valence electrons. The number of aryl methyl sites for hydroxylation is 1. The van der Waals surface area contributed by atoms with Gasteiger partial charge in [0.2, 0.25) is 5.91 Å². The normalized spacial score (nSPS) is 14.8. The van der Waals surface area contributed by atoms with Crippen LogP contribution in [0.3, 0.4) is 0 Å². The summed E-state index contributed by atoms with van der Waals surface area (Å²) in [7, 11) is 0. The summed E-state index contributed by atoms with van der Waals surface area (Å²) in [6.45, 7) is 5.16. The van der Waals surface area contributed by atoms with Crippen molar-refractivity contribution in [2.45, 2.75) is 19.8 Å². The molecule has 7 heteroatoms. The van der Waals surface area contributed by atoms with E-state index in [0.717, 1.165) is 41.2 Å². The van der Waals surface area contributed by atoms with E-state index in [2.05, 4.69) is 32.8 Å². The van der Waals surface area contributed by atoms with Crippen LogP contribution in [0.15, 0.2) is 36.8 Å². The van der Waals surface area contributed by atoms with Gasteiger partial charge in [-0.05, 0) is 24.6 Å². The van der Waals surface area contributed by atoms with E-state index in [1.54, 1.807) is 23.9 Å². The molecule has 0 aliphatic carbocycles. The van der Waals surface area contributed by atoms with Gasteiger partial charge in [0.15, 0.2) is 0 Å². The Labute approximate surface area is 156 Å². The lowest BCUT2D eigenvalue weighted by Gasteiger charge is -2.35. The molecule has 3 aromatic rings. The zero-order chi connectivity index (χ0) is 17.9. The highest BCUT2D eigenvalue weighted by atomic mass is 32.1. The number of nitrogens with zero attached hydrogens (tertiary/aromatic N) is 5. The van der Waals surface area contributed by atoms with Gasteiger partial charge in [-0.25, -0.2) is 9.97 Å². The molecule has 0 aromatic carbocycles. The summed E-state index contributed by atoms with van der Waals surface area (Å²) in [5.41, 5.74) is 0.822. The Morgan fingerprint density at radius 1 is 1.15 bits per heavy atom. The van der Waals surface area contributed by atoms with E-state index in [1.807, 2.05) is 23.1 Å². The number of amides is 1. The van der Waals surface area contributed by atoms with Crippen molar-refractivity contribution in [3.05, 3.63) is 47.4 Å². The van der Waals surface area contributed by atoms with Crippen molar-refractivity contribution in [3.8, 4) is 0 Å². The van der Waals surface area contributed by atoms with Crippen LogP contribution in [0, 0.1) is 0 Å². The number of carbonyl (C=O) groups is 1. The monoisotopic (exact) mass is 367 g/mol. The maximum atomic E-state index is 12.5. The van der Waals surface area contributed by atoms with Crippen LogP contribution >= 0.6 is 11.3 Å². The Hall–Kier alpha value is -2.54. The van der Waals surface area contributed by atoms with Crippen molar-refractivity contribution in [1.82, 2.24) is 19.9 Å². The molecule has 1 aliphatic rings. The average Bonchev–Trinajstić information content (AvgIpc) is 3.12. The lowest BCUT2D eigenvalue weighted by atomic mass is 10.2. The Kier molecular flexibility index (Phi) is 4.79. The van der Waals surface area contributed by atoms with E-state index >= 15 is 0 Å². The second-order valence-corrected chi connectivity index (χ2v) is 7.46. The van der Waals surface area contributed by atoms with Crippen LogP contribution in [0.4, 0.5) is 5.82 Å². The molecule has 1 aliphatic heterocycles.